The third kappa shape index (κ3) is 5.71. The van der Waals surface area contributed by atoms with Crippen LogP contribution in [0.3, 0.4) is 0 Å². The fraction of sp³-hybridized carbons (Fsp3) is 0.400. The van der Waals surface area contributed by atoms with E-state index >= 15 is 0 Å². The molecule has 2 aliphatic rings. The number of nitrogens with zero attached hydrogens (tertiary/aromatic N) is 1. The van der Waals surface area contributed by atoms with Gasteiger partial charge in [0.1, 0.15) is 11.3 Å². The van der Waals surface area contributed by atoms with Gasteiger partial charge < -0.3 is 9.84 Å². The van der Waals surface area contributed by atoms with E-state index in [4.69, 9.17) is 4.74 Å². The van der Waals surface area contributed by atoms with Crippen LogP contribution in [-0.2, 0) is 20.8 Å². The zero-order chi connectivity index (χ0) is 29.7. The minimum absolute atomic E-state index is 0.0757. The molecule has 0 aliphatic carbocycles. The molecule has 2 heterocycles. The summed E-state index contributed by atoms with van der Waals surface area (Å²) in [5.41, 5.74) is -0.0880. The van der Waals surface area contributed by atoms with Crippen LogP contribution in [0.25, 0.3) is 10.8 Å². The van der Waals surface area contributed by atoms with E-state index in [0.717, 1.165) is 47.6 Å². The van der Waals surface area contributed by atoms with Crippen LogP contribution in [0.4, 0.5) is 0 Å². The van der Waals surface area contributed by atoms with E-state index < -0.39 is 35.3 Å². The molecule has 4 unspecified atom stereocenters. The van der Waals surface area contributed by atoms with E-state index in [0.29, 0.717) is 18.8 Å². The van der Waals surface area contributed by atoms with Crippen LogP contribution in [0.5, 0.6) is 5.75 Å². The molecule has 0 radical (unpaired) electrons. The summed E-state index contributed by atoms with van der Waals surface area (Å²) >= 11 is 0. The van der Waals surface area contributed by atoms with Crippen molar-refractivity contribution >= 4 is 28.6 Å². The minimum atomic E-state index is -1.65. The smallest absolute Gasteiger partial charge is 0.325 e. The van der Waals surface area contributed by atoms with Gasteiger partial charge in [-0.15, -0.1) is 0 Å². The number of imide groups is 1. The predicted molar refractivity (Wildman–Crippen MR) is 163 cm³/mol. The Morgan fingerprint density at radius 3 is 2.40 bits per heavy atom. The highest BCUT2D eigenvalue weighted by atomic mass is 16.5. The van der Waals surface area contributed by atoms with E-state index in [9.17, 15) is 19.5 Å². The lowest BCUT2D eigenvalue weighted by atomic mass is 9.76. The first-order chi connectivity index (χ1) is 20.4. The summed E-state index contributed by atoms with van der Waals surface area (Å²) in [5.74, 6) is -2.98. The van der Waals surface area contributed by atoms with Crippen LogP contribution in [0, 0.1) is 11.8 Å². The number of ether oxygens (including phenoxy) is 1. The lowest BCUT2D eigenvalue weighted by Crippen LogP contribution is -2.57. The van der Waals surface area contributed by atoms with Crippen LogP contribution in [0.1, 0.15) is 63.1 Å². The minimum Gasteiger partial charge on any atom is -0.494 e. The molecule has 2 saturated heterocycles. The average Bonchev–Trinajstić information content (AvgIpc) is 3.47. The molecular formula is C35H40N2O5. The average molecular weight is 569 g/mol. The summed E-state index contributed by atoms with van der Waals surface area (Å²) in [5, 5.41) is 16.2. The van der Waals surface area contributed by atoms with Gasteiger partial charge in [-0.25, -0.2) is 0 Å². The first-order valence-corrected chi connectivity index (χ1v) is 15.1. The summed E-state index contributed by atoms with van der Waals surface area (Å²) in [6.07, 6.45) is 8.75. The van der Waals surface area contributed by atoms with Crippen molar-refractivity contribution in [1.82, 2.24) is 10.2 Å². The number of carboxylic acids is 1. The Morgan fingerprint density at radius 2 is 1.69 bits per heavy atom. The van der Waals surface area contributed by atoms with Crippen molar-refractivity contribution in [3.8, 4) is 5.75 Å². The van der Waals surface area contributed by atoms with Gasteiger partial charge in [-0.1, -0.05) is 93.4 Å². The molecule has 0 bridgehead atoms. The fourth-order valence-electron chi connectivity index (χ4n) is 6.43. The molecule has 42 heavy (non-hydrogen) atoms. The summed E-state index contributed by atoms with van der Waals surface area (Å²) < 4.78 is 5.74. The molecule has 0 spiro atoms. The predicted octanol–water partition coefficient (Wildman–Crippen LogP) is 6.08. The number of rotatable bonds is 13. The first kappa shape index (κ1) is 29.5. The number of allylic oxidation sites excluding steroid dienone is 1. The highest BCUT2D eigenvalue weighted by Crippen LogP contribution is 2.50. The zero-order valence-electron chi connectivity index (χ0n) is 24.4. The third-order valence-electron chi connectivity index (χ3n) is 8.55. The molecule has 0 saturated carbocycles. The van der Waals surface area contributed by atoms with Gasteiger partial charge in [0.05, 0.1) is 18.4 Å². The van der Waals surface area contributed by atoms with Gasteiger partial charge >= 0.3 is 5.97 Å². The SMILES string of the molecule is CCCC/C=C/CCN1C(=O)C2C(c3ccc(OCCC)cc3)NC(Cc3ccc4ccccc4c3)(C(=O)O)C2C1=O. The maximum Gasteiger partial charge on any atom is 0.325 e. The van der Waals surface area contributed by atoms with Crippen LogP contribution >= 0.6 is 0 Å². The molecule has 2 N–H and O–H groups in total. The standard InChI is InChI=1S/C35H40N2O5/c1-3-5-6-7-8-11-20-37-32(38)29-30(33(37)39)35(34(40)41,23-24-14-15-25-12-9-10-13-27(25)22-24)36-31(29)26-16-18-28(19-17-26)42-21-4-2/h7-10,12-19,22,29-31,36H,3-6,11,20-21,23H2,1-2H3,(H,40,41)/b8-7+. The number of hydrogen-bond donors (Lipinski definition) is 2. The van der Waals surface area contributed by atoms with Gasteiger partial charge in [0.2, 0.25) is 11.8 Å². The molecule has 2 amide bonds. The second kappa shape index (κ2) is 12.9. The third-order valence-corrected chi connectivity index (χ3v) is 8.55. The van der Waals surface area contributed by atoms with Gasteiger partial charge in [-0.2, -0.15) is 0 Å². The van der Waals surface area contributed by atoms with Crippen molar-refractivity contribution in [1.29, 1.82) is 0 Å². The Bertz CT molecular complexity index is 1470. The number of hydrogen-bond acceptors (Lipinski definition) is 5. The molecule has 0 aromatic heterocycles. The Hall–Kier alpha value is -3.97. The molecule has 5 rings (SSSR count). The monoisotopic (exact) mass is 568 g/mol. The summed E-state index contributed by atoms with van der Waals surface area (Å²) in [7, 11) is 0. The van der Waals surface area contributed by atoms with E-state index in [2.05, 4.69) is 18.3 Å². The number of carboxylic acid groups (broad SMARTS) is 1. The number of amides is 2. The normalized spacial score (nSPS) is 23.7. The van der Waals surface area contributed by atoms with Crippen molar-refractivity contribution in [3.63, 3.8) is 0 Å². The Labute approximate surface area is 247 Å². The number of aliphatic carboxylic acids is 1. The second-order valence-electron chi connectivity index (χ2n) is 11.4. The maximum atomic E-state index is 14.0. The molecule has 220 valence electrons. The topological polar surface area (TPSA) is 95.9 Å². The molecule has 3 aromatic rings. The Balaban J connectivity index is 1.50. The van der Waals surface area contributed by atoms with Crippen LogP contribution < -0.4 is 10.1 Å². The lowest BCUT2D eigenvalue weighted by molar-refractivity contribution is -0.151. The zero-order valence-corrected chi connectivity index (χ0v) is 24.4. The molecule has 7 nitrogen and oxygen atoms in total. The van der Waals surface area contributed by atoms with Crippen LogP contribution in [0.2, 0.25) is 0 Å². The number of nitrogens with one attached hydrogen (secondary N) is 1. The van der Waals surface area contributed by atoms with Gasteiger partial charge in [0, 0.05) is 19.0 Å². The number of likely N-dealkylation sites (tertiary alicyclic amines) is 1. The van der Waals surface area contributed by atoms with Gasteiger partial charge in [-0.3, -0.25) is 24.6 Å². The number of unbranched alkanes of at least 4 members (excludes halogenated alkanes) is 2. The van der Waals surface area contributed by atoms with Crippen LogP contribution in [0.15, 0.2) is 78.9 Å². The van der Waals surface area contributed by atoms with Crippen molar-refractivity contribution in [2.45, 2.75) is 64.0 Å². The van der Waals surface area contributed by atoms with Crippen molar-refractivity contribution in [3.05, 3.63) is 90.0 Å². The number of carbonyl (C=O) groups is 3. The molecule has 4 atom stereocenters. The van der Waals surface area contributed by atoms with E-state index in [1.54, 1.807) is 0 Å². The first-order valence-electron chi connectivity index (χ1n) is 15.1. The van der Waals surface area contributed by atoms with Crippen LogP contribution in [-0.4, -0.2) is 46.5 Å². The summed E-state index contributed by atoms with van der Waals surface area (Å²) in [6, 6.07) is 20.5. The van der Waals surface area contributed by atoms with E-state index in [1.807, 2.05) is 79.7 Å². The van der Waals surface area contributed by atoms with Gasteiger partial charge in [-0.05, 0) is 53.3 Å². The quantitative estimate of drug-likeness (QED) is 0.147. The maximum absolute atomic E-state index is 14.0. The summed E-state index contributed by atoms with van der Waals surface area (Å²) in [4.78, 5) is 42.4. The second-order valence-corrected chi connectivity index (χ2v) is 11.4. The molecule has 7 heteroatoms. The Kier molecular flexibility index (Phi) is 9.07. The molecule has 2 aliphatic heterocycles. The number of fused-ring (bicyclic) bond motifs is 2. The lowest BCUT2D eigenvalue weighted by Gasteiger charge is -2.31. The molecular weight excluding hydrogens is 528 g/mol. The highest BCUT2D eigenvalue weighted by molar-refractivity contribution is 6.09. The largest absolute Gasteiger partial charge is 0.494 e. The molecule has 3 aromatic carbocycles. The van der Waals surface area contributed by atoms with Crippen molar-refractivity contribution in [2.75, 3.05) is 13.2 Å². The number of carbonyl (C=O) groups excluding carboxylic acids is 2. The Morgan fingerprint density at radius 1 is 0.952 bits per heavy atom. The van der Waals surface area contributed by atoms with E-state index in [1.165, 1.54) is 4.90 Å². The fourth-order valence-corrected chi connectivity index (χ4v) is 6.43. The van der Waals surface area contributed by atoms with Gasteiger partial charge in [0.25, 0.3) is 0 Å². The van der Waals surface area contributed by atoms with Crippen molar-refractivity contribution in [2.24, 2.45) is 11.8 Å². The van der Waals surface area contributed by atoms with E-state index in [-0.39, 0.29) is 18.9 Å². The summed E-state index contributed by atoms with van der Waals surface area (Å²) in [6.45, 7) is 5.01. The van der Waals surface area contributed by atoms with Gasteiger partial charge in [0.15, 0.2) is 0 Å². The number of benzene rings is 3. The van der Waals surface area contributed by atoms with Crippen molar-refractivity contribution < 1.29 is 24.2 Å². The highest BCUT2D eigenvalue weighted by Gasteiger charge is 2.68. The molecule has 2 fully saturated rings.